The van der Waals surface area contributed by atoms with Crippen LogP contribution in [-0.4, -0.2) is 16.8 Å². The summed E-state index contributed by atoms with van der Waals surface area (Å²) >= 11 is 0. The highest BCUT2D eigenvalue weighted by Crippen LogP contribution is 1.80. The molecule has 0 fully saturated rings. The highest BCUT2D eigenvalue weighted by molar-refractivity contribution is 6.34. The van der Waals surface area contributed by atoms with Crippen LogP contribution in [0.25, 0.3) is 0 Å². The molecule has 0 aliphatic carbocycles. The summed E-state index contributed by atoms with van der Waals surface area (Å²) in [4.78, 5) is 13.7. The lowest BCUT2D eigenvalue weighted by molar-refractivity contribution is -0.129. The lowest BCUT2D eigenvalue weighted by atomic mass is 10.4. The largest absolute Gasteiger partial charge is 0.477 e. The maximum absolute atomic E-state index is 10.1. The van der Waals surface area contributed by atoms with Crippen LogP contribution in [0.5, 0.6) is 0 Å². The second-order valence-electron chi connectivity index (χ2n) is 1.60. The monoisotopic (exact) mass is 139 g/mol. The van der Waals surface area contributed by atoms with Crippen LogP contribution >= 0.6 is 0 Å². The van der Waals surface area contributed by atoms with Gasteiger partial charge in [-0.05, 0) is 13.0 Å². The normalized spacial score (nSPS) is 11.9. The molecule has 3 heteroatoms. The molecule has 0 atom stereocenters. The minimum Gasteiger partial charge on any atom is -0.477 e. The lowest BCUT2D eigenvalue weighted by Gasteiger charge is -1.85. The average molecular weight is 139 g/mol. The molecule has 0 heterocycles. The second kappa shape index (κ2) is 4.49. The zero-order valence-corrected chi connectivity index (χ0v) is 5.74. The van der Waals surface area contributed by atoms with Gasteiger partial charge in [0.25, 0.3) is 0 Å². The van der Waals surface area contributed by atoms with E-state index in [-0.39, 0.29) is 5.71 Å². The van der Waals surface area contributed by atoms with Gasteiger partial charge in [0.1, 0.15) is 5.71 Å². The van der Waals surface area contributed by atoms with Gasteiger partial charge in [-0.1, -0.05) is 12.7 Å². The van der Waals surface area contributed by atoms with Gasteiger partial charge in [0, 0.05) is 6.20 Å². The van der Waals surface area contributed by atoms with Crippen molar-refractivity contribution in [3.05, 3.63) is 24.9 Å². The maximum Gasteiger partial charge on any atom is 0.349 e. The Labute approximate surface area is 59.4 Å². The highest BCUT2D eigenvalue weighted by Gasteiger charge is 1.97. The van der Waals surface area contributed by atoms with E-state index >= 15 is 0 Å². The van der Waals surface area contributed by atoms with Crippen LogP contribution in [0.2, 0.25) is 0 Å². The van der Waals surface area contributed by atoms with E-state index in [0.29, 0.717) is 0 Å². The minimum atomic E-state index is -1.01. The molecule has 0 radical (unpaired) electrons. The Bertz CT molecular complexity index is 192. The third-order valence-electron chi connectivity index (χ3n) is 0.800. The Morgan fingerprint density at radius 3 is 2.70 bits per heavy atom. The fourth-order valence-electron chi connectivity index (χ4n) is 0.271. The maximum atomic E-state index is 10.1. The summed E-state index contributed by atoms with van der Waals surface area (Å²) in [6.45, 7) is 4.83. The zero-order valence-electron chi connectivity index (χ0n) is 5.74. The molecule has 0 aromatic carbocycles. The molecular formula is C7H9NO2. The number of aliphatic imine (C=N–C) groups is 1. The molecule has 3 nitrogen and oxygen atoms in total. The van der Waals surface area contributed by atoms with Gasteiger partial charge in [0.2, 0.25) is 0 Å². The number of carbonyl (C=O) groups is 1. The molecule has 0 spiro atoms. The summed E-state index contributed by atoms with van der Waals surface area (Å²) in [5.41, 5.74) is 0.0677. The lowest BCUT2D eigenvalue weighted by Crippen LogP contribution is -2.06. The fourth-order valence-corrected chi connectivity index (χ4v) is 0.271. The van der Waals surface area contributed by atoms with Crippen LogP contribution < -0.4 is 0 Å². The topological polar surface area (TPSA) is 49.7 Å². The van der Waals surface area contributed by atoms with E-state index in [0.717, 1.165) is 0 Å². The number of carboxylic acid groups (broad SMARTS) is 1. The first-order valence-corrected chi connectivity index (χ1v) is 2.73. The predicted molar refractivity (Wildman–Crippen MR) is 40.1 cm³/mol. The third-order valence-corrected chi connectivity index (χ3v) is 0.800. The number of allylic oxidation sites excluding steroid dienone is 2. The number of hydrogen-bond acceptors (Lipinski definition) is 2. The van der Waals surface area contributed by atoms with E-state index in [1.54, 1.807) is 6.08 Å². The molecule has 0 amide bonds. The van der Waals surface area contributed by atoms with E-state index < -0.39 is 5.97 Å². The molecule has 0 aliphatic heterocycles. The van der Waals surface area contributed by atoms with Crippen molar-refractivity contribution in [2.24, 2.45) is 4.99 Å². The molecule has 0 rings (SSSR count). The first-order chi connectivity index (χ1) is 4.68. The van der Waals surface area contributed by atoms with Crippen molar-refractivity contribution >= 4 is 11.7 Å². The highest BCUT2D eigenvalue weighted by atomic mass is 16.4. The van der Waals surface area contributed by atoms with Crippen LogP contribution in [-0.2, 0) is 4.79 Å². The van der Waals surface area contributed by atoms with Gasteiger partial charge in [0.05, 0.1) is 0 Å². The van der Waals surface area contributed by atoms with Crippen LogP contribution in [0.1, 0.15) is 6.92 Å². The Hall–Kier alpha value is -1.38. The van der Waals surface area contributed by atoms with Gasteiger partial charge in [0.15, 0.2) is 0 Å². The van der Waals surface area contributed by atoms with Crippen LogP contribution in [0.15, 0.2) is 29.9 Å². The summed E-state index contributed by atoms with van der Waals surface area (Å²) in [5, 5.41) is 8.29. The van der Waals surface area contributed by atoms with E-state index in [4.69, 9.17) is 5.11 Å². The molecular weight excluding hydrogens is 130 g/mol. The Morgan fingerprint density at radius 2 is 2.30 bits per heavy atom. The van der Waals surface area contributed by atoms with Gasteiger partial charge in [-0.3, -0.25) is 4.99 Å². The number of rotatable bonds is 3. The van der Waals surface area contributed by atoms with Gasteiger partial charge < -0.3 is 5.11 Å². The fraction of sp³-hybridized carbons (Fsp3) is 0.143. The molecule has 0 saturated carbocycles. The Kier molecular flexibility index (Phi) is 3.87. The molecule has 0 aliphatic rings. The number of carboxylic acids is 1. The quantitative estimate of drug-likeness (QED) is 0.472. The van der Waals surface area contributed by atoms with Crippen LogP contribution in [0, 0.1) is 0 Å². The molecule has 1 N–H and O–H groups in total. The number of nitrogens with zero attached hydrogens (tertiary/aromatic N) is 1. The van der Waals surface area contributed by atoms with Gasteiger partial charge >= 0.3 is 5.97 Å². The Balaban J connectivity index is 4.04. The number of aliphatic carboxylic acids is 1. The molecule has 0 unspecified atom stereocenters. The summed E-state index contributed by atoms with van der Waals surface area (Å²) < 4.78 is 0. The first kappa shape index (κ1) is 8.62. The summed E-state index contributed by atoms with van der Waals surface area (Å²) in [6.07, 6.45) is 4.47. The van der Waals surface area contributed by atoms with Crippen molar-refractivity contribution in [3.8, 4) is 0 Å². The summed E-state index contributed by atoms with van der Waals surface area (Å²) in [7, 11) is 0. The SMILES string of the molecule is C=C/C=C\N=C(C)C(=O)O. The van der Waals surface area contributed by atoms with Crippen molar-refractivity contribution in [3.63, 3.8) is 0 Å². The van der Waals surface area contributed by atoms with E-state index in [1.165, 1.54) is 19.2 Å². The zero-order chi connectivity index (χ0) is 7.98. The predicted octanol–water partition coefficient (Wildman–Crippen LogP) is 1.23. The van der Waals surface area contributed by atoms with E-state index in [2.05, 4.69) is 11.6 Å². The molecule has 0 bridgehead atoms. The molecule has 54 valence electrons. The van der Waals surface area contributed by atoms with E-state index in [9.17, 15) is 4.79 Å². The van der Waals surface area contributed by atoms with Gasteiger partial charge in [-0.2, -0.15) is 0 Å². The number of hydrogen-bond donors (Lipinski definition) is 1. The standard InChI is InChI=1S/C7H9NO2/c1-3-4-5-8-6(2)7(9)10/h3-5H,1H2,2H3,(H,9,10)/b5-4-,8-6?. The molecule has 0 aromatic rings. The molecule has 10 heavy (non-hydrogen) atoms. The molecule has 0 saturated heterocycles. The van der Waals surface area contributed by atoms with Crippen molar-refractivity contribution in [1.29, 1.82) is 0 Å². The average Bonchev–Trinajstić information content (AvgIpc) is 1.88. The van der Waals surface area contributed by atoms with Gasteiger partial charge in [-0.15, -0.1) is 0 Å². The third kappa shape index (κ3) is 3.60. The van der Waals surface area contributed by atoms with Crippen molar-refractivity contribution < 1.29 is 9.90 Å². The van der Waals surface area contributed by atoms with Crippen molar-refractivity contribution in [2.75, 3.05) is 0 Å². The van der Waals surface area contributed by atoms with E-state index in [1.807, 2.05) is 0 Å². The smallest absolute Gasteiger partial charge is 0.349 e. The first-order valence-electron chi connectivity index (χ1n) is 2.73. The van der Waals surface area contributed by atoms with Gasteiger partial charge in [-0.25, -0.2) is 4.79 Å². The van der Waals surface area contributed by atoms with Crippen LogP contribution in [0.3, 0.4) is 0 Å². The van der Waals surface area contributed by atoms with Crippen molar-refractivity contribution in [2.45, 2.75) is 6.92 Å². The summed E-state index contributed by atoms with van der Waals surface area (Å²) in [6, 6.07) is 0. The van der Waals surface area contributed by atoms with Crippen molar-refractivity contribution in [1.82, 2.24) is 0 Å². The minimum absolute atomic E-state index is 0.0677. The second-order valence-corrected chi connectivity index (χ2v) is 1.60. The molecule has 0 aromatic heterocycles. The summed E-state index contributed by atoms with van der Waals surface area (Å²) in [5.74, 6) is -1.01. The van der Waals surface area contributed by atoms with Crippen LogP contribution in [0.4, 0.5) is 0 Å². The Morgan fingerprint density at radius 1 is 1.70 bits per heavy atom.